The van der Waals surface area contributed by atoms with E-state index in [0.717, 1.165) is 41.9 Å². The van der Waals surface area contributed by atoms with Crippen LogP contribution in [0.25, 0.3) is 0 Å². The van der Waals surface area contributed by atoms with Gasteiger partial charge in [-0.15, -0.1) is 0 Å². The van der Waals surface area contributed by atoms with Crippen molar-refractivity contribution in [1.82, 2.24) is 15.0 Å². The Labute approximate surface area is 111 Å². The quantitative estimate of drug-likeness (QED) is 0.771. The highest BCUT2D eigenvalue weighted by Gasteiger charge is 2.17. The predicted molar refractivity (Wildman–Crippen MR) is 71.0 cm³/mol. The second kappa shape index (κ2) is 5.26. The minimum atomic E-state index is 0.183. The van der Waals surface area contributed by atoms with Gasteiger partial charge in [-0.25, -0.2) is 9.97 Å². The van der Waals surface area contributed by atoms with Crippen LogP contribution in [0.3, 0.4) is 0 Å². The van der Waals surface area contributed by atoms with Crippen LogP contribution in [0, 0.1) is 0 Å². The zero-order valence-electron chi connectivity index (χ0n) is 10.7. The van der Waals surface area contributed by atoms with Gasteiger partial charge in [0.25, 0.3) is 0 Å². The molecular formula is C15H15N3O. The summed E-state index contributed by atoms with van der Waals surface area (Å²) in [4.78, 5) is 24.8. The van der Waals surface area contributed by atoms with E-state index in [1.54, 1.807) is 18.6 Å². The number of Topliss-reactive ketones (excluding diaryl/α,β-unsaturated/α-hetero) is 1. The van der Waals surface area contributed by atoms with Gasteiger partial charge in [0.15, 0.2) is 5.78 Å². The largest absolute Gasteiger partial charge is 0.294 e. The molecule has 1 aliphatic rings. The molecule has 3 rings (SSSR count). The van der Waals surface area contributed by atoms with Gasteiger partial charge in [-0.3, -0.25) is 9.78 Å². The Morgan fingerprint density at radius 3 is 2.74 bits per heavy atom. The Balaban J connectivity index is 1.89. The van der Waals surface area contributed by atoms with Crippen LogP contribution in [0.4, 0.5) is 0 Å². The zero-order valence-corrected chi connectivity index (χ0v) is 10.7. The molecule has 0 radical (unpaired) electrons. The summed E-state index contributed by atoms with van der Waals surface area (Å²) in [5, 5.41) is 0. The number of carbonyl (C=O) groups is 1. The van der Waals surface area contributed by atoms with E-state index in [2.05, 4.69) is 15.0 Å². The Bertz CT molecular complexity index is 596. The van der Waals surface area contributed by atoms with Crippen LogP contribution in [-0.2, 0) is 12.8 Å². The molecule has 4 heteroatoms. The van der Waals surface area contributed by atoms with Crippen LogP contribution in [0.1, 0.15) is 46.7 Å². The maximum Gasteiger partial charge on any atom is 0.166 e. The lowest BCUT2D eigenvalue weighted by Gasteiger charge is -2.06. The SMILES string of the molecule is O=C1CCCCc2nc(Cc3ccncc3)ncc21. The first-order valence-corrected chi connectivity index (χ1v) is 6.60. The van der Waals surface area contributed by atoms with Crippen molar-refractivity contribution in [2.75, 3.05) is 0 Å². The molecule has 0 aromatic carbocycles. The fourth-order valence-corrected chi connectivity index (χ4v) is 2.36. The van der Waals surface area contributed by atoms with Gasteiger partial charge in [0.2, 0.25) is 0 Å². The molecule has 19 heavy (non-hydrogen) atoms. The van der Waals surface area contributed by atoms with Crippen molar-refractivity contribution in [3.63, 3.8) is 0 Å². The van der Waals surface area contributed by atoms with Crippen LogP contribution in [0.5, 0.6) is 0 Å². The average Bonchev–Trinajstić information content (AvgIpc) is 2.62. The second-order valence-electron chi connectivity index (χ2n) is 4.81. The number of nitrogens with zero attached hydrogens (tertiary/aromatic N) is 3. The minimum absolute atomic E-state index is 0.183. The first kappa shape index (κ1) is 12.0. The molecule has 96 valence electrons. The van der Waals surface area contributed by atoms with E-state index in [9.17, 15) is 4.79 Å². The third-order valence-electron chi connectivity index (χ3n) is 3.40. The highest BCUT2D eigenvalue weighted by Crippen LogP contribution is 2.18. The number of rotatable bonds is 2. The lowest BCUT2D eigenvalue weighted by Crippen LogP contribution is -2.07. The van der Waals surface area contributed by atoms with Crippen molar-refractivity contribution in [3.8, 4) is 0 Å². The zero-order chi connectivity index (χ0) is 13.1. The monoisotopic (exact) mass is 253 g/mol. The van der Waals surface area contributed by atoms with E-state index < -0.39 is 0 Å². The van der Waals surface area contributed by atoms with E-state index in [-0.39, 0.29) is 5.78 Å². The first-order chi connectivity index (χ1) is 9.33. The average molecular weight is 253 g/mol. The first-order valence-electron chi connectivity index (χ1n) is 6.60. The Morgan fingerprint density at radius 1 is 1.11 bits per heavy atom. The molecule has 0 atom stereocenters. The number of hydrogen-bond donors (Lipinski definition) is 0. The van der Waals surface area contributed by atoms with Crippen LogP contribution < -0.4 is 0 Å². The molecule has 0 saturated carbocycles. The summed E-state index contributed by atoms with van der Waals surface area (Å²) in [6.45, 7) is 0. The molecule has 2 heterocycles. The summed E-state index contributed by atoms with van der Waals surface area (Å²) < 4.78 is 0. The highest BCUT2D eigenvalue weighted by atomic mass is 16.1. The Kier molecular flexibility index (Phi) is 3.31. The molecular weight excluding hydrogens is 238 g/mol. The van der Waals surface area contributed by atoms with Crippen molar-refractivity contribution in [2.45, 2.75) is 32.1 Å². The Hall–Kier alpha value is -2.10. The van der Waals surface area contributed by atoms with Gasteiger partial charge in [0.1, 0.15) is 5.82 Å². The van der Waals surface area contributed by atoms with Gasteiger partial charge in [-0.2, -0.15) is 0 Å². The molecule has 0 saturated heterocycles. The van der Waals surface area contributed by atoms with Crippen molar-refractivity contribution >= 4 is 5.78 Å². The van der Waals surface area contributed by atoms with Gasteiger partial charge in [-0.05, 0) is 37.0 Å². The summed E-state index contributed by atoms with van der Waals surface area (Å²) in [5.74, 6) is 0.961. The van der Waals surface area contributed by atoms with Gasteiger partial charge < -0.3 is 0 Å². The molecule has 0 unspecified atom stereocenters. The number of hydrogen-bond acceptors (Lipinski definition) is 4. The summed E-state index contributed by atoms with van der Waals surface area (Å²) in [5.41, 5.74) is 2.77. The molecule has 0 amide bonds. The summed E-state index contributed by atoms with van der Waals surface area (Å²) >= 11 is 0. The number of carbonyl (C=O) groups excluding carboxylic acids is 1. The standard InChI is InChI=1S/C15H15N3O/c19-14-4-2-1-3-13-12(14)10-17-15(18-13)9-11-5-7-16-8-6-11/h5-8,10H,1-4,9H2. The lowest BCUT2D eigenvalue weighted by molar-refractivity contribution is 0.0981. The van der Waals surface area contributed by atoms with E-state index >= 15 is 0 Å². The van der Waals surface area contributed by atoms with Crippen LogP contribution in [0.2, 0.25) is 0 Å². The molecule has 0 spiro atoms. The molecule has 1 aliphatic carbocycles. The third-order valence-corrected chi connectivity index (χ3v) is 3.40. The normalized spacial score (nSPS) is 14.8. The van der Waals surface area contributed by atoms with Gasteiger partial charge in [-0.1, -0.05) is 0 Å². The number of aromatic nitrogens is 3. The smallest absolute Gasteiger partial charge is 0.166 e. The lowest BCUT2D eigenvalue weighted by atomic mass is 10.1. The maximum atomic E-state index is 11.9. The van der Waals surface area contributed by atoms with Crippen LogP contribution in [-0.4, -0.2) is 20.7 Å². The fourth-order valence-electron chi connectivity index (χ4n) is 2.36. The fraction of sp³-hybridized carbons (Fsp3) is 0.333. The number of pyridine rings is 1. The molecule has 4 nitrogen and oxygen atoms in total. The molecule has 2 aromatic heterocycles. The second-order valence-corrected chi connectivity index (χ2v) is 4.81. The van der Waals surface area contributed by atoms with Crippen LogP contribution >= 0.6 is 0 Å². The molecule has 0 N–H and O–H groups in total. The van der Waals surface area contributed by atoms with Crippen molar-refractivity contribution in [3.05, 3.63) is 53.4 Å². The van der Waals surface area contributed by atoms with Gasteiger partial charge >= 0.3 is 0 Å². The van der Waals surface area contributed by atoms with Crippen molar-refractivity contribution < 1.29 is 4.79 Å². The third kappa shape index (κ3) is 2.67. The van der Waals surface area contributed by atoms with Crippen molar-refractivity contribution in [1.29, 1.82) is 0 Å². The van der Waals surface area contributed by atoms with Crippen LogP contribution in [0.15, 0.2) is 30.7 Å². The summed E-state index contributed by atoms with van der Waals surface area (Å²) in [6.07, 6.45) is 9.41. The number of fused-ring (bicyclic) bond motifs is 1. The Morgan fingerprint density at radius 2 is 1.89 bits per heavy atom. The maximum absolute atomic E-state index is 11.9. The van der Waals surface area contributed by atoms with E-state index in [0.29, 0.717) is 12.8 Å². The summed E-state index contributed by atoms with van der Waals surface area (Å²) in [7, 11) is 0. The highest BCUT2D eigenvalue weighted by molar-refractivity contribution is 5.97. The molecule has 0 bridgehead atoms. The van der Waals surface area contributed by atoms with E-state index in [1.165, 1.54) is 0 Å². The topological polar surface area (TPSA) is 55.7 Å². The molecule has 2 aromatic rings. The van der Waals surface area contributed by atoms with Gasteiger partial charge in [0, 0.05) is 31.4 Å². The van der Waals surface area contributed by atoms with E-state index in [1.807, 2.05) is 12.1 Å². The number of aryl methyl sites for hydroxylation is 1. The van der Waals surface area contributed by atoms with Gasteiger partial charge in [0.05, 0.1) is 11.3 Å². The minimum Gasteiger partial charge on any atom is -0.294 e. The molecule has 0 aliphatic heterocycles. The predicted octanol–water partition coefficient (Wildman–Crippen LogP) is 2.37. The van der Waals surface area contributed by atoms with E-state index in [4.69, 9.17) is 0 Å². The van der Waals surface area contributed by atoms with Crippen molar-refractivity contribution in [2.24, 2.45) is 0 Å². The number of ketones is 1. The molecule has 0 fully saturated rings. The summed E-state index contributed by atoms with van der Waals surface area (Å²) in [6, 6.07) is 3.92.